The van der Waals surface area contributed by atoms with Crippen molar-refractivity contribution in [3.8, 4) is 0 Å². The van der Waals surface area contributed by atoms with Gasteiger partial charge in [-0.05, 0) is 48.6 Å². The zero-order valence-electron chi connectivity index (χ0n) is 18.5. The monoisotopic (exact) mass is 456 g/mol. The van der Waals surface area contributed by atoms with Crippen LogP contribution < -0.4 is 5.32 Å². The smallest absolute Gasteiger partial charge is 0.253 e. The van der Waals surface area contributed by atoms with Crippen molar-refractivity contribution in [2.45, 2.75) is 50.3 Å². The minimum absolute atomic E-state index is 0.124. The van der Waals surface area contributed by atoms with E-state index in [9.17, 15) is 9.90 Å². The minimum atomic E-state index is -0.124. The van der Waals surface area contributed by atoms with Crippen molar-refractivity contribution in [3.63, 3.8) is 0 Å². The number of carbonyl (C=O) groups excluding carboxylic acids is 1. The van der Waals surface area contributed by atoms with Gasteiger partial charge in [-0.2, -0.15) is 0 Å². The number of allylic oxidation sites excluding steroid dienone is 1. The molecule has 0 saturated heterocycles. The molecule has 6 heteroatoms. The highest BCUT2D eigenvalue weighted by molar-refractivity contribution is 7.99. The second-order valence-corrected chi connectivity index (χ2v) is 10.5. The zero-order valence-corrected chi connectivity index (χ0v) is 20.2. The number of aliphatic hydroxyl groups is 1. The number of hydrogen-bond acceptors (Lipinski definition) is 5. The van der Waals surface area contributed by atoms with Crippen LogP contribution in [-0.2, 0) is 6.42 Å². The van der Waals surface area contributed by atoms with Gasteiger partial charge in [0.1, 0.15) is 0 Å². The lowest BCUT2D eigenvalue weighted by Crippen LogP contribution is -2.21. The van der Waals surface area contributed by atoms with Crippen LogP contribution in [0.1, 0.15) is 70.3 Å². The summed E-state index contributed by atoms with van der Waals surface area (Å²) in [4.78, 5) is 15.9. The van der Waals surface area contributed by atoms with E-state index in [0.717, 1.165) is 28.4 Å². The Hall–Kier alpha value is -1.89. The largest absolute Gasteiger partial charge is 0.396 e. The summed E-state index contributed by atoms with van der Waals surface area (Å²) in [7, 11) is 1.65. The summed E-state index contributed by atoms with van der Waals surface area (Å²) in [6.07, 6.45) is 7.59. The van der Waals surface area contributed by atoms with E-state index in [-0.39, 0.29) is 12.5 Å². The molecule has 0 spiro atoms. The maximum absolute atomic E-state index is 12.9. The Labute approximate surface area is 193 Å². The molecule has 4 nitrogen and oxygen atoms in total. The fourth-order valence-corrected chi connectivity index (χ4v) is 6.63. The van der Waals surface area contributed by atoms with E-state index >= 15 is 0 Å². The molecule has 0 saturated carbocycles. The van der Waals surface area contributed by atoms with Crippen LogP contribution >= 0.6 is 23.1 Å². The maximum atomic E-state index is 12.9. The third-order valence-electron chi connectivity index (χ3n) is 5.41. The van der Waals surface area contributed by atoms with Crippen molar-refractivity contribution < 1.29 is 9.90 Å². The number of hydrogen-bond donors (Lipinski definition) is 3. The Bertz CT molecular complexity index is 962. The first-order valence-electron chi connectivity index (χ1n) is 10.9. The number of aliphatic hydroxyl groups excluding tert-OH is 1. The van der Waals surface area contributed by atoms with E-state index in [1.807, 2.05) is 0 Å². The third-order valence-corrected chi connectivity index (χ3v) is 8.04. The summed E-state index contributed by atoms with van der Waals surface area (Å²) in [6, 6.07) is 8.53. The topological polar surface area (TPSA) is 73.2 Å². The van der Waals surface area contributed by atoms with Crippen molar-refractivity contribution in [1.29, 1.82) is 5.41 Å². The van der Waals surface area contributed by atoms with Crippen LogP contribution in [-0.4, -0.2) is 36.1 Å². The number of thiophene rings is 1. The fraction of sp³-hybridized carbons (Fsp3) is 0.440. The number of amides is 1. The van der Waals surface area contributed by atoms with Crippen LogP contribution in [0.3, 0.4) is 0 Å². The van der Waals surface area contributed by atoms with Crippen LogP contribution in [0.25, 0.3) is 6.08 Å². The molecule has 2 aromatic rings. The van der Waals surface area contributed by atoms with Crippen LogP contribution in [0, 0.1) is 11.3 Å². The van der Waals surface area contributed by atoms with Gasteiger partial charge in [0, 0.05) is 34.9 Å². The SMILES string of the molecule is CNC(=O)c1c(C(=N)CC(C)C)sc(CC2CC=Cc3ccccc32)c1SCCCO. The lowest BCUT2D eigenvalue weighted by molar-refractivity contribution is 0.0960. The van der Waals surface area contributed by atoms with E-state index in [2.05, 4.69) is 55.6 Å². The van der Waals surface area contributed by atoms with Gasteiger partial charge in [-0.25, -0.2) is 0 Å². The standard InChI is InChI=1S/C25H32N2O2S2/c1-16(2)14-20(26)23-22(25(29)27-3)24(30-13-7-12-28)21(31-23)15-18-10-6-9-17-8-4-5-11-19(17)18/h4-6,8-9,11,16,18,26,28H,7,10,12-15H2,1-3H3,(H,27,29). The highest BCUT2D eigenvalue weighted by atomic mass is 32.2. The Balaban J connectivity index is 2.03. The maximum Gasteiger partial charge on any atom is 0.253 e. The predicted octanol–water partition coefficient (Wildman–Crippen LogP) is 5.74. The molecule has 1 aromatic heterocycles. The molecular weight excluding hydrogens is 424 g/mol. The number of thioether (sulfide) groups is 1. The Morgan fingerprint density at radius 3 is 2.84 bits per heavy atom. The van der Waals surface area contributed by atoms with Crippen LogP contribution in [0.15, 0.2) is 35.2 Å². The molecule has 3 rings (SSSR count). The molecule has 0 fully saturated rings. The van der Waals surface area contributed by atoms with E-state index < -0.39 is 0 Å². The average Bonchev–Trinajstić information content (AvgIpc) is 3.11. The second kappa shape index (κ2) is 11.1. The van der Waals surface area contributed by atoms with Gasteiger partial charge in [0.05, 0.1) is 10.4 Å². The fourth-order valence-electron chi connectivity index (χ4n) is 3.97. The van der Waals surface area contributed by atoms with Gasteiger partial charge in [-0.3, -0.25) is 4.79 Å². The zero-order chi connectivity index (χ0) is 22.4. The first kappa shape index (κ1) is 23.8. The number of nitrogens with one attached hydrogen (secondary N) is 2. The molecule has 1 aromatic carbocycles. The van der Waals surface area contributed by atoms with E-state index in [1.165, 1.54) is 16.0 Å². The minimum Gasteiger partial charge on any atom is -0.396 e. The number of rotatable bonds is 10. The molecular formula is C25H32N2O2S2. The first-order chi connectivity index (χ1) is 15.0. The molecule has 1 amide bonds. The summed E-state index contributed by atoms with van der Waals surface area (Å²) in [5.41, 5.74) is 3.81. The number of fused-ring (bicyclic) bond motifs is 1. The molecule has 0 radical (unpaired) electrons. The van der Waals surface area contributed by atoms with Gasteiger partial charge < -0.3 is 15.8 Å². The molecule has 166 valence electrons. The van der Waals surface area contributed by atoms with Gasteiger partial charge in [-0.1, -0.05) is 50.3 Å². The van der Waals surface area contributed by atoms with E-state index in [4.69, 9.17) is 5.41 Å². The highest BCUT2D eigenvalue weighted by Crippen LogP contribution is 2.42. The summed E-state index contributed by atoms with van der Waals surface area (Å²) >= 11 is 3.26. The lowest BCUT2D eigenvalue weighted by atomic mass is 9.84. The van der Waals surface area contributed by atoms with Gasteiger partial charge in [-0.15, -0.1) is 23.1 Å². The van der Waals surface area contributed by atoms with Crippen LogP contribution in [0.5, 0.6) is 0 Å². The van der Waals surface area contributed by atoms with Crippen molar-refractivity contribution in [3.05, 3.63) is 56.8 Å². The van der Waals surface area contributed by atoms with Crippen molar-refractivity contribution >= 4 is 40.8 Å². The van der Waals surface area contributed by atoms with E-state index in [0.29, 0.717) is 36.0 Å². The molecule has 3 N–H and O–H groups in total. The quantitative estimate of drug-likeness (QED) is 0.242. The molecule has 1 unspecified atom stereocenters. The second-order valence-electron chi connectivity index (χ2n) is 8.31. The summed E-state index contributed by atoms with van der Waals surface area (Å²) in [6.45, 7) is 4.34. The van der Waals surface area contributed by atoms with Crippen molar-refractivity contribution in [2.24, 2.45) is 5.92 Å². The summed E-state index contributed by atoms with van der Waals surface area (Å²) in [5.74, 6) is 1.35. The molecule has 1 aliphatic rings. The molecule has 1 heterocycles. The molecule has 31 heavy (non-hydrogen) atoms. The molecule has 1 atom stereocenters. The predicted molar refractivity (Wildman–Crippen MR) is 133 cm³/mol. The van der Waals surface area contributed by atoms with Gasteiger partial charge in [0.2, 0.25) is 0 Å². The first-order valence-corrected chi connectivity index (χ1v) is 12.7. The van der Waals surface area contributed by atoms with Crippen molar-refractivity contribution in [1.82, 2.24) is 5.32 Å². The summed E-state index contributed by atoms with van der Waals surface area (Å²) < 4.78 is 0. The Morgan fingerprint density at radius 1 is 1.35 bits per heavy atom. The molecule has 0 bridgehead atoms. The van der Waals surface area contributed by atoms with Gasteiger partial charge >= 0.3 is 0 Å². The molecule has 0 aliphatic heterocycles. The third kappa shape index (κ3) is 5.68. The molecule has 1 aliphatic carbocycles. The normalized spacial score (nSPS) is 15.2. The van der Waals surface area contributed by atoms with Crippen LogP contribution in [0.4, 0.5) is 0 Å². The average molecular weight is 457 g/mol. The highest BCUT2D eigenvalue weighted by Gasteiger charge is 2.28. The van der Waals surface area contributed by atoms with Crippen LogP contribution in [0.2, 0.25) is 0 Å². The number of carbonyl (C=O) groups is 1. The Morgan fingerprint density at radius 2 is 2.13 bits per heavy atom. The lowest BCUT2D eigenvalue weighted by Gasteiger charge is -2.21. The number of benzene rings is 1. The van der Waals surface area contributed by atoms with Gasteiger partial charge in [0.25, 0.3) is 5.91 Å². The Kier molecular flexibility index (Phi) is 8.52. The summed E-state index contributed by atoms with van der Waals surface area (Å²) in [5, 5.41) is 20.8. The van der Waals surface area contributed by atoms with Gasteiger partial charge in [0.15, 0.2) is 0 Å². The van der Waals surface area contributed by atoms with Crippen molar-refractivity contribution in [2.75, 3.05) is 19.4 Å². The van der Waals surface area contributed by atoms with E-state index in [1.54, 1.807) is 30.1 Å².